The summed E-state index contributed by atoms with van der Waals surface area (Å²) in [6, 6.07) is 12.2. The molecule has 0 spiro atoms. The number of nitrogens with one attached hydrogen (secondary N) is 2. The number of carbonyl (C=O) groups is 2. The molecule has 0 unspecified atom stereocenters. The van der Waals surface area contributed by atoms with Gasteiger partial charge in [0.1, 0.15) is 11.5 Å². The second kappa shape index (κ2) is 9.82. The highest BCUT2D eigenvalue weighted by molar-refractivity contribution is 9.10. The number of hydrogen-bond acceptors (Lipinski definition) is 4. The van der Waals surface area contributed by atoms with E-state index < -0.39 is 11.8 Å². The first-order valence-electron chi connectivity index (χ1n) is 8.20. The maximum Gasteiger partial charge on any atom is 0.276 e. The fraction of sp³-hybridized carbons (Fsp3) is 0.263. The molecule has 6 nitrogen and oxygen atoms in total. The van der Waals surface area contributed by atoms with Crippen LogP contribution in [0.15, 0.2) is 46.9 Å². The van der Waals surface area contributed by atoms with Gasteiger partial charge in [-0.1, -0.05) is 22.9 Å². The van der Waals surface area contributed by atoms with Crippen molar-refractivity contribution in [2.45, 2.75) is 20.3 Å². The van der Waals surface area contributed by atoms with Gasteiger partial charge in [-0.2, -0.15) is 0 Å². The Morgan fingerprint density at radius 1 is 1.04 bits per heavy atom. The molecule has 2 aromatic rings. The van der Waals surface area contributed by atoms with Crippen molar-refractivity contribution in [3.05, 3.63) is 58.1 Å². The predicted octanol–water partition coefficient (Wildman–Crippen LogP) is 3.39. The number of hydrogen-bond donors (Lipinski definition) is 2. The zero-order chi connectivity index (χ0) is 18.9. The van der Waals surface area contributed by atoms with Crippen LogP contribution >= 0.6 is 15.9 Å². The molecule has 2 aromatic carbocycles. The quantitative estimate of drug-likeness (QED) is 0.673. The minimum atomic E-state index is -0.455. The van der Waals surface area contributed by atoms with Crippen LogP contribution in [0.3, 0.4) is 0 Å². The molecule has 138 valence electrons. The molecule has 0 aromatic heterocycles. The van der Waals surface area contributed by atoms with Gasteiger partial charge in [-0.3, -0.25) is 20.4 Å². The van der Waals surface area contributed by atoms with Crippen LogP contribution in [0.2, 0.25) is 0 Å². The fourth-order valence-corrected chi connectivity index (χ4v) is 2.55. The molecule has 0 saturated carbocycles. The molecular weight excluding hydrogens is 400 g/mol. The van der Waals surface area contributed by atoms with Crippen molar-refractivity contribution in [2.75, 3.05) is 13.2 Å². The number of ether oxygens (including phenoxy) is 2. The van der Waals surface area contributed by atoms with E-state index in [4.69, 9.17) is 9.47 Å². The molecule has 0 radical (unpaired) electrons. The molecule has 0 bridgehead atoms. The summed E-state index contributed by atoms with van der Waals surface area (Å²) >= 11 is 3.37. The van der Waals surface area contributed by atoms with Crippen molar-refractivity contribution in [2.24, 2.45) is 0 Å². The van der Waals surface area contributed by atoms with Crippen molar-refractivity contribution in [3.8, 4) is 11.5 Å². The SMILES string of the molecule is CCCOc1ccc(C(=O)NNC(=O)COc2ccc(Br)cc2C)cc1. The summed E-state index contributed by atoms with van der Waals surface area (Å²) in [6.45, 7) is 4.33. The molecule has 0 aliphatic heterocycles. The summed E-state index contributed by atoms with van der Waals surface area (Å²) < 4.78 is 11.8. The lowest BCUT2D eigenvalue weighted by atomic mass is 10.2. The Balaban J connectivity index is 1.78. The van der Waals surface area contributed by atoms with Gasteiger partial charge in [0, 0.05) is 10.0 Å². The van der Waals surface area contributed by atoms with E-state index in [0.29, 0.717) is 23.7 Å². The monoisotopic (exact) mass is 420 g/mol. The van der Waals surface area contributed by atoms with E-state index in [1.54, 1.807) is 30.3 Å². The van der Waals surface area contributed by atoms with Crippen LogP contribution in [0.4, 0.5) is 0 Å². The van der Waals surface area contributed by atoms with E-state index in [0.717, 1.165) is 16.5 Å². The molecule has 0 saturated heterocycles. The standard InChI is InChI=1S/C19H21BrN2O4/c1-3-10-25-16-7-4-14(5-8-16)19(24)22-21-18(23)12-26-17-9-6-15(20)11-13(17)2/h4-9,11H,3,10,12H2,1-2H3,(H,21,23)(H,22,24). The van der Waals surface area contributed by atoms with Gasteiger partial charge in [0.25, 0.3) is 11.8 Å². The van der Waals surface area contributed by atoms with Crippen LogP contribution in [-0.4, -0.2) is 25.0 Å². The molecule has 2 amide bonds. The van der Waals surface area contributed by atoms with Gasteiger partial charge in [-0.05, 0) is 61.4 Å². The molecule has 0 aliphatic carbocycles. The molecule has 2 N–H and O–H groups in total. The Labute approximate surface area is 161 Å². The van der Waals surface area contributed by atoms with E-state index in [1.807, 2.05) is 26.0 Å². The average Bonchev–Trinajstić information content (AvgIpc) is 2.64. The highest BCUT2D eigenvalue weighted by Gasteiger charge is 2.09. The molecule has 0 fully saturated rings. The third-order valence-electron chi connectivity index (χ3n) is 3.40. The molecule has 7 heteroatoms. The lowest BCUT2D eigenvalue weighted by Crippen LogP contribution is -2.43. The van der Waals surface area contributed by atoms with Crippen molar-refractivity contribution >= 4 is 27.7 Å². The van der Waals surface area contributed by atoms with E-state index in [1.165, 1.54) is 0 Å². The number of hydrazine groups is 1. The maximum absolute atomic E-state index is 12.0. The van der Waals surface area contributed by atoms with Crippen LogP contribution in [0.5, 0.6) is 11.5 Å². The van der Waals surface area contributed by atoms with Gasteiger partial charge >= 0.3 is 0 Å². The average molecular weight is 421 g/mol. The van der Waals surface area contributed by atoms with E-state index in [2.05, 4.69) is 26.8 Å². The van der Waals surface area contributed by atoms with Gasteiger partial charge in [0.2, 0.25) is 0 Å². The Kier molecular flexibility index (Phi) is 7.47. The summed E-state index contributed by atoms with van der Waals surface area (Å²) in [6.07, 6.45) is 0.913. The molecule has 2 rings (SSSR count). The van der Waals surface area contributed by atoms with Gasteiger partial charge < -0.3 is 9.47 Å². The van der Waals surface area contributed by atoms with Crippen molar-refractivity contribution in [3.63, 3.8) is 0 Å². The Bertz CT molecular complexity index is 763. The predicted molar refractivity (Wildman–Crippen MR) is 102 cm³/mol. The van der Waals surface area contributed by atoms with Gasteiger partial charge in [0.15, 0.2) is 6.61 Å². The van der Waals surface area contributed by atoms with Gasteiger partial charge in [-0.25, -0.2) is 0 Å². The Hall–Kier alpha value is -2.54. The first kappa shape index (κ1) is 19.8. The number of aryl methyl sites for hydroxylation is 1. The third-order valence-corrected chi connectivity index (χ3v) is 3.89. The molecule has 0 heterocycles. The summed E-state index contributed by atoms with van der Waals surface area (Å²) in [7, 11) is 0. The molecule has 26 heavy (non-hydrogen) atoms. The molecule has 0 atom stereocenters. The smallest absolute Gasteiger partial charge is 0.276 e. The third kappa shape index (κ3) is 6.07. The maximum atomic E-state index is 12.0. The number of halogens is 1. The fourth-order valence-electron chi connectivity index (χ4n) is 2.08. The van der Waals surface area contributed by atoms with Gasteiger partial charge in [-0.15, -0.1) is 0 Å². The van der Waals surface area contributed by atoms with Crippen LogP contribution in [0.1, 0.15) is 29.3 Å². The van der Waals surface area contributed by atoms with Crippen molar-refractivity contribution in [1.29, 1.82) is 0 Å². The lowest BCUT2D eigenvalue weighted by molar-refractivity contribution is -0.123. The van der Waals surface area contributed by atoms with E-state index in [9.17, 15) is 9.59 Å². The number of amides is 2. The summed E-state index contributed by atoms with van der Waals surface area (Å²) in [5, 5.41) is 0. The lowest BCUT2D eigenvalue weighted by Gasteiger charge is -2.11. The molecular formula is C19H21BrN2O4. The van der Waals surface area contributed by atoms with Crippen LogP contribution in [0, 0.1) is 6.92 Å². The minimum Gasteiger partial charge on any atom is -0.494 e. The minimum absolute atomic E-state index is 0.202. The van der Waals surface area contributed by atoms with Crippen LogP contribution < -0.4 is 20.3 Å². The summed E-state index contributed by atoms with van der Waals surface area (Å²) in [5.74, 6) is 0.437. The normalized spacial score (nSPS) is 10.1. The van der Waals surface area contributed by atoms with Crippen molar-refractivity contribution in [1.82, 2.24) is 10.9 Å². The highest BCUT2D eigenvalue weighted by Crippen LogP contribution is 2.21. The number of rotatable bonds is 7. The second-order valence-corrected chi connectivity index (χ2v) is 6.49. The zero-order valence-electron chi connectivity index (χ0n) is 14.7. The topological polar surface area (TPSA) is 76.7 Å². The van der Waals surface area contributed by atoms with E-state index >= 15 is 0 Å². The number of carbonyl (C=O) groups excluding carboxylic acids is 2. The largest absolute Gasteiger partial charge is 0.494 e. The van der Waals surface area contributed by atoms with Crippen LogP contribution in [0.25, 0.3) is 0 Å². The van der Waals surface area contributed by atoms with Crippen molar-refractivity contribution < 1.29 is 19.1 Å². The first-order chi connectivity index (χ1) is 12.5. The van der Waals surface area contributed by atoms with Gasteiger partial charge in [0.05, 0.1) is 6.61 Å². The highest BCUT2D eigenvalue weighted by atomic mass is 79.9. The first-order valence-corrected chi connectivity index (χ1v) is 9.00. The second-order valence-electron chi connectivity index (χ2n) is 5.57. The van der Waals surface area contributed by atoms with E-state index in [-0.39, 0.29) is 6.61 Å². The van der Waals surface area contributed by atoms with Crippen LogP contribution in [-0.2, 0) is 4.79 Å². The Morgan fingerprint density at radius 3 is 2.42 bits per heavy atom. The zero-order valence-corrected chi connectivity index (χ0v) is 16.3. The summed E-state index contributed by atoms with van der Waals surface area (Å²) in [5.41, 5.74) is 6.00. The summed E-state index contributed by atoms with van der Waals surface area (Å²) in [4.78, 5) is 23.9. The molecule has 0 aliphatic rings. The number of benzene rings is 2. The Morgan fingerprint density at radius 2 is 1.77 bits per heavy atom.